The van der Waals surface area contributed by atoms with E-state index in [1.54, 1.807) is 0 Å². The minimum Gasteiger partial charge on any atom is -0.311 e. The molecule has 0 atom stereocenters. The van der Waals surface area contributed by atoms with E-state index in [0.717, 1.165) is 31.6 Å². The molecule has 0 fully saturated rings. The van der Waals surface area contributed by atoms with E-state index < -0.39 is 5.41 Å². The van der Waals surface area contributed by atoms with Gasteiger partial charge in [-0.1, -0.05) is 44.0 Å². The Bertz CT molecular complexity index is 876. The van der Waals surface area contributed by atoms with Gasteiger partial charge in [-0.2, -0.15) is 5.26 Å². The van der Waals surface area contributed by atoms with Gasteiger partial charge in [-0.3, -0.25) is 0 Å². The maximum atomic E-state index is 9.36. The van der Waals surface area contributed by atoms with Crippen LogP contribution in [0.25, 0.3) is 0 Å². The van der Waals surface area contributed by atoms with E-state index in [4.69, 9.17) is 0 Å². The molecule has 0 N–H and O–H groups in total. The second-order valence-corrected chi connectivity index (χ2v) is 8.40. The molecule has 130 valence electrons. The number of halogens is 2. The SMILES string of the molecule is CC(C)(C#N)c1ccc(N(c2ccc(Br)cc2)c2ccc(Br)cc2)cc1. The number of benzene rings is 3. The number of nitriles is 1. The lowest BCUT2D eigenvalue weighted by Gasteiger charge is -2.26. The van der Waals surface area contributed by atoms with Crippen LogP contribution in [0.5, 0.6) is 0 Å². The van der Waals surface area contributed by atoms with E-state index in [-0.39, 0.29) is 0 Å². The zero-order chi connectivity index (χ0) is 18.7. The highest BCUT2D eigenvalue weighted by Crippen LogP contribution is 2.36. The van der Waals surface area contributed by atoms with Gasteiger partial charge in [0.05, 0.1) is 11.5 Å². The van der Waals surface area contributed by atoms with Crippen molar-refractivity contribution in [3.8, 4) is 6.07 Å². The first-order chi connectivity index (χ1) is 12.4. The molecule has 3 aromatic rings. The molecule has 0 aliphatic heterocycles. The number of anilines is 3. The maximum Gasteiger partial charge on any atom is 0.0766 e. The minimum absolute atomic E-state index is 0.501. The lowest BCUT2D eigenvalue weighted by Crippen LogP contribution is -2.14. The second-order valence-electron chi connectivity index (χ2n) is 6.57. The van der Waals surface area contributed by atoms with Gasteiger partial charge >= 0.3 is 0 Å². The summed E-state index contributed by atoms with van der Waals surface area (Å²) in [6, 6.07) is 27.0. The second kappa shape index (κ2) is 7.65. The molecular formula is C22H18Br2N2. The van der Waals surface area contributed by atoms with Crippen molar-refractivity contribution in [1.82, 2.24) is 0 Å². The quantitative estimate of drug-likeness (QED) is 0.395. The van der Waals surface area contributed by atoms with Gasteiger partial charge in [0.25, 0.3) is 0 Å². The Morgan fingerprint density at radius 3 is 1.38 bits per heavy atom. The minimum atomic E-state index is -0.501. The molecule has 0 spiro atoms. The van der Waals surface area contributed by atoms with Crippen LogP contribution >= 0.6 is 31.9 Å². The summed E-state index contributed by atoms with van der Waals surface area (Å²) >= 11 is 7.00. The van der Waals surface area contributed by atoms with Gasteiger partial charge in [0.2, 0.25) is 0 Å². The molecule has 26 heavy (non-hydrogen) atoms. The fourth-order valence-electron chi connectivity index (χ4n) is 2.72. The Balaban J connectivity index is 2.07. The van der Waals surface area contributed by atoms with Crippen LogP contribution in [0.3, 0.4) is 0 Å². The van der Waals surface area contributed by atoms with Gasteiger partial charge in [0.1, 0.15) is 0 Å². The third-order valence-corrected chi connectivity index (χ3v) is 5.35. The van der Waals surface area contributed by atoms with Crippen LogP contribution < -0.4 is 4.90 Å². The Morgan fingerprint density at radius 2 is 1.04 bits per heavy atom. The zero-order valence-electron chi connectivity index (χ0n) is 14.6. The van der Waals surface area contributed by atoms with E-state index in [2.05, 4.69) is 79.2 Å². The molecule has 4 heteroatoms. The standard InChI is InChI=1S/C22H18Br2N2/c1-22(2,15-25)16-3-9-19(10-4-16)26(20-11-5-17(23)6-12-20)21-13-7-18(24)8-14-21/h3-14H,1-2H3. The topological polar surface area (TPSA) is 27.0 Å². The highest BCUT2D eigenvalue weighted by molar-refractivity contribution is 9.10. The van der Waals surface area contributed by atoms with Crippen molar-refractivity contribution in [2.45, 2.75) is 19.3 Å². The first-order valence-corrected chi connectivity index (χ1v) is 9.82. The molecule has 3 rings (SSSR count). The van der Waals surface area contributed by atoms with Crippen molar-refractivity contribution in [2.75, 3.05) is 4.90 Å². The normalized spacial score (nSPS) is 11.0. The van der Waals surface area contributed by atoms with Gasteiger partial charge in [-0.25, -0.2) is 0 Å². The van der Waals surface area contributed by atoms with Gasteiger partial charge in [0.15, 0.2) is 0 Å². The first-order valence-electron chi connectivity index (χ1n) is 8.24. The fourth-order valence-corrected chi connectivity index (χ4v) is 3.25. The van der Waals surface area contributed by atoms with E-state index >= 15 is 0 Å². The fraction of sp³-hybridized carbons (Fsp3) is 0.136. The lowest BCUT2D eigenvalue weighted by molar-refractivity contribution is 0.687. The summed E-state index contributed by atoms with van der Waals surface area (Å²) < 4.78 is 2.09. The van der Waals surface area contributed by atoms with Crippen LogP contribution in [-0.4, -0.2) is 0 Å². The first kappa shape index (κ1) is 18.7. The van der Waals surface area contributed by atoms with Crippen molar-refractivity contribution < 1.29 is 0 Å². The average Bonchev–Trinajstić information content (AvgIpc) is 2.65. The van der Waals surface area contributed by atoms with E-state index in [1.807, 2.05) is 50.2 Å². The molecule has 2 nitrogen and oxygen atoms in total. The summed E-state index contributed by atoms with van der Waals surface area (Å²) in [7, 11) is 0. The van der Waals surface area contributed by atoms with Crippen molar-refractivity contribution >= 4 is 48.9 Å². The third kappa shape index (κ3) is 4.00. The van der Waals surface area contributed by atoms with Gasteiger partial charge in [0, 0.05) is 26.0 Å². The van der Waals surface area contributed by atoms with Gasteiger partial charge in [-0.15, -0.1) is 0 Å². The summed E-state index contributed by atoms with van der Waals surface area (Å²) in [5.74, 6) is 0. The van der Waals surface area contributed by atoms with Crippen molar-refractivity contribution in [3.05, 3.63) is 87.3 Å². The summed E-state index contributed by atoms with van der Waals surface area (Å²) in [5.41, 5.74) is 3.70. The van der Waals surface area contributed by atoms with Crippen LogP contribution in [0.15, 0.2) is 81.7 Å². The molecular weight excluding hydrogens is 452 g/mol. The van der Waals surface area contributed by atoms with Crippen molar-refractivity contribution in [3.63, 3.8) is 0 Å². The van der Waals surface area contributed by atoms with Crippen LogP contribution in [0, 0.1) is 11.3 Å². The molecule has 0 aliphatic carbocycles. The number of rotatable bonds is 4. The smallest absolute Gasteiger partial charge is 0.0766 e. The Labute approximate surface area is 171 Å². The molecule has 0 radical (unpaired) electrons. The highest BCUT2D eigenvalue weighted by Gasteiger charge is 2.20. The molecule has 0 aliphatic rings. The number of hydrogen-bond acceptors (Lipinski definition) is 2. The Morgan fingerprint density at radius 1 is 0.692 bits per heavy atom. The molecule has 0 unspecified atom stereocenters. The Hall–Kier alpha value is -2.09. The molecule has 3 aromatic carbocycles. The van der Waals surface area contributed by atoms with E-state index in [9.17, 15) is 5.26 Å². The molecule has 0 saturated heterocycles. The van der Waals surface area contributed by atoms with Crippen LogP contribution in [-0.2, 0) is 5.41 Å². The van der Waals surface area contributed by atoms with E-state index in [1.165, 1.54) is 0 Å². The molecule has 0 aromatic heterocycles. The van der Waals surface area contributed by atoms with Crippen LogP contribution in [0.1, 0.15) is 19.4 Å². The monoisotopic (exact) mass is 468 g/mol. The third-order valence-electron chi connectivity index (χ3n) is 4.30. The summed E-state index contributed by atoms with van der Waals surface area (Å²) in [5, 5.41) is 9.36. The average molecular weight is 470 g/mol. The largest absolute Gasteiger partial charge is 0.311 e. The summed E-state index contributed by atoms with van der Waals surface area (Å²) in [6.07, 6.45) is 0. The molecule has 0 bridgehead atoms. The maximum absolute atomic E-state index is 9.36. The predicted octanol–water partition coefficient (Wildman–Crippen LogP) is 7.48. The summed E-state index contributed by atoms with van der Waals surface area (Å²) in [6.45, 7) is 3.87. The molecule has 0 heterocycles. The van der Waals surface area contributed by atoms with E-state index in [0.29, 0.717) is 0 Å². The summed E-state index contributed by atoms with van der Waals surface area (Å²) in [4.78, 5) is 2.20. The predicted molar refractivity (Wildman–Crippen MR) is 115 cm³/mol. The van der Waals surface area contributed by atoms with Crippen molar-refractivity contribution in [2.24, 2.45) is 0 Å². The number of hydrogen-bond donors (Lipinski definition) is 0. The zero-order valence-corrected chi connectivity index (χ0v) is 17.8. The van der Waals surface area contributed by atoms with Crippen LogP contribution in [0.4, 0.5) is 17.1 Å². The van der Waals surface area contributed by atoms with Crippen LogP contribution in [0.2, 0.25) is 0 Å². The molecule has 0 amide bonds. The Kier molecular flexibility index (Phi) is 5.50. The molecule has 0 saturated carbocycles. The number of nitrogens with zero attached hydrogens (tertiary/aromatic N) is 2. The lowest BCUT2D eigenvalue weighted by atomic mass is 9.86. The highest BCUT2D eigenvalue weighted by atomic mass is 79.9. The van der Waals surface area contributed by atoms with Gasteiger partial charge in [-0.05, 0) is 80.1 Å². The van der Waals surface area contributed by atoms with Gasteiger partial charge < -0.3 is 4.90 Å². The van der Waals surface area contributed by atoms with Crippen molar-refractivity contribution in [1.29, 1.82) is 5.26 Å².